The van der Waals surface area contributed by atoms with Crippen LogP contribution in [0.4, 0.5) is 0 Å². The van der Waals surface area contributed by atoms with Gasteiger partial charge in [0.05, 0.1) is 34.8 Å². The molecule has 0 radical (unpaired) electrons. The third-order valence-electron chi connectivity index (χ3n) is 4.65. The van der Waals surface area contributed by atoms with Crippen LogP contribution in [0.5, 0.6) is 11.5 Å². The van der Waals surface area contributed by atoms with Crippen molar-refractivity contribution in [2.24, 2.45) is 5.10 Å². The summed E-state index contributed by atoms with van der Waals surface area (Å²) in [6.45, 7) is 7.51. The second kappa shape index (κ2) is 11.5. The largest absolute Gasteiger partial charge is 0.490 e. The fourth-order valence-corrected chi connectivity index (χ4v) is 4.35. The molecule has 0 amide bonds. The van der Waals surface area contributed by atoms with Crippen LogP contribution in [0.2, 0.25) is 0 Å². The third kappa shape index (κ3) is 5.69. The Morgan fingerprint density at radius 1 is 1.18 bits per heavy atom. The van der Waals surface area contributed by atoms with Gasteiger partial charge in [-0.15, -0.1) is 0 Å². The molecule has 34 heavy (non-hydrogen) atoms. The summed E-state index contributed by atoms with van der Waals surface area (Å²) in [5.41, 5.74) is 0.924. The Kier molecular flexibility index (Phi) is 8.89. The first kappa shape index (κ1) is 26.4. The first-order chi connectivity index (χ1) is 16.2. The summed E-state index contributed by atoms with van der Waals surface area (Å²) in [6.07, 6.45) is 0.682. The van der Waals surface area contributed by atoms with Crippen LogP contribution in [-0.2, 0) is 9.53 Å². The number of esters is 1. The van der Waals surface area contributed by atoms with Crippen molar-refractivity contribution in [3.8, 4) is 11.5 Å². The smallest absolute Gasteiger partial charge is 0.347 e. The highest BCUT2D eigenvalue weighted by atomic mass is 79.9. The molecule has 0 aliphatic heterocycles. The molecule has 1 atom stereocenters. The maximum atomic E-state index is 13.0. The number of hydrogen-bond donors (Lipinski definition) is 0. The number of benzene rings is 2. The summed E-state index contributed by atoms with van der Waals surface area (Å²) in [7, 11) is 0. The van der Waals surface area contributed by atoms with Gasteiger partial charge in [0.2, 0.25) is 0 Å². The highest BCUT2D eigenvalue weighted by molar-refractivity contribution is 9.13. The van der Waals surface area contributed by atoms with Crippen LogP contribution in [0.25, 0.3) is 10.9 Å². The van der Waals surface area contributed by atoms with Crippen LogP contribution in [-0.4, -0.2) is 41.2 Å². The van der Waals surface area contributed by atoms with E-state index in [0.717, 1.165) is 4.47 Å². The first-order valence-corrected chi connectivity index (χ1v) is 12.8. The highest BCUT2D eigenvalue weighted by Crippen LogP contribution is 2.43. The second-order valence-electron chi connectivity index (χ2n) is 7.05. The van der Waals surface area contributed by atoms with Crippen molar-refractivity contribution in [3.63, 3.8) is 0 Å². The molecule has 8 nitrogen and oxygen atoms in total. The molecule has 180 valence electrons. The fourth-order valence-electron chi connectivity index (χ4n) is 3.07. The Bertz CT molecular complexity index is 1320. The van der Waals surface area contributed by atoms with E-state index in [1.807, 2.05) is 13.0 Å². The van der Waals surface area contributed by atoms with Gasteiger partial charge in [0.15, 0.2) is 17.6 Å². The van der Waals surface area contributed by atoms with Gasteiger partial charge in [-0.05, 0) is 83.8 Å². The molecular weight excluding hydrogens is 638 g/mol. The number of rotatable bonds is 8. The molecule has 2 aromatic carbocycles. The van der Waals surface area contributed by atoms with Crippen molar-refractivity contribution in [1.29, 1.82) is 0 Å². The Morgan fingerprint density at radius 2 is 1.91 bits per heavy atom. The van der Waals surface area contributed by atoms with Gasteiger partial charge >= 0.3 is 5.97 Å². The van der Waals surface area contributed by atoms with E-state index < -0.39 is 12.1 Å². The molecule has 0 spiro atoms. The number of halogens is 3. The number of hydrogen-bond acceptors (Lipinski definition) is 7. The van der Waals surface area contributed by atoms with Gasteiger partial charge in [0.1, 0.15) is 5.82 Å². The maximum Gasteiger partial charge on any atom is 0.347 e. The van der Waals surface area contributed by atoms with E-state index in [1.165, 1.54) is 10.9 Å². The molecule has 3 rings (SSSR count). The topological polar surface area (TPSA) is 92.0 Å². The minimum absolute atomic E-state index is 0.254. The van der Waals surface area contributed by atoms with Crippen LogP contribution in [0.15, 0.2) is 47.6 Å². The SMILES string of the molecule is CCOC(=O)[C@H](C)Oc1c(OCC)cc(C=Nn2c(C)nc3ccc(Br)cc3c2=O)c(Br)c1Br. The fraction of sp³-hybridized carbons (Fsp3) is 0.304. The van der Waals surface area contributed by atoms with E-state index in [4.69, 9.17) is 14.2 Å². The zero-order valence-corrected chi connectivity index (χ0v) is 23.7. The molecule has 1 heterocycles. The lowest BCUT2D eigenvalue weighted by Gasteiger charge is -2.19. The molecule has 0 aliphatic carbocycles. The van der Waals surface area contributed by atoms with E-state index in [-0.39, 0.29) is 12.2 Å². The number of nitrogens with zero attached hydrogens (tertiary/aromatic N) is 3. The summed E-state index contributed by atoms with van der Waals surface area (Å²) >= 11 is 10.4. The molecule has 0 fully saturated rings. The van der Waals surface area contributed by atoms with Gasteiger partial charge < -0.3 is 14.2 Å². The van der Waals surface area contributed by atoms with Gasteiger partial charge in [0.25, 0.3) is 5.56 Å². The number of carbonyl (C=O) groups excluding carboxylic acids is 1. The standard InChI is InChI=1S/C23H22Br3N3O5/c1-5-32-18-9-14(19(25)20(26)21(18)34-12(3)23(31)33-6-2)11-27-29-13(4)28-17-8-7-15(24)10-16(17)22(29)30/h7-12H,5-6H2,1-4H3/t12-/m0/s1. The molecular formula is C23H22Br3N3O5. The van der Waals surface area contributed by atoms with Crippen molar-refractivity contribution in [2.75, 3.05) is 13.2 Å². The predicted octanol–water partition coefficient (Wildman–Crippen LogP) is 5.60. The van der Waals surface area contributed by atoms with Crippen LogP contribution in [0.1, 0.15) is 32.2 Å². The highest BCUT2D eigenvalue weighted by Gasteiger charge is 2.23. The van der Waals surface area contributed by atoms with Crippen molar-refractivity contribution >= 4 is 70.9 Å². The van der Waals surface area contributed by atoms with E-state index in [0.29, 0.717) is 49.3 Å². The van der Waals surface area contributed by atoms with E-state index in [1.54, 1.807) is 39.0 Å². The average molecular weight is 660 g/mol. The molecule has 3 aromatic rings. The van der Waals surface area contributed by atoms with Crippen molar-refractivity contribution in [2.45, 2.75) is 33.8 Å². The quantitative estimate of drug-likeness (QED) is 0.231. The Morgan fingerprint density at radius 3 is 2.59 bits per heavy atom. The molecule has 11 heteroatoms. The second-order valence-corrected chi connectivity index (χ2v) is 9.55. The normalized spacial score (nSPS) is 12.2. The minimum Gasteiger partial charge on any atom is -0.490 e. The van der Waals surface area contributed by atoms with Gasteiger partial charge in [-0.3, -0.25) is 4.79 Å². The zero-order chi connectivity index (χ0) is 25.0. The Labute approximate surface area is 221 Å². The Hall–Kier alpha value is -2.24. The molecule has 0 N–H and O–H groups in total. The lowest BCUT2D eigenvalue weighted by Crippen LogP contribution is -2.26. The van der Waals surface area contributed by atoms with Gasteiger partial charge in [-0.25, -0.2) is 9.78 Å². The Balaban J connectivity index is 2.04. The number of ether oxygens (including phenoxy) is 3. The lowest BCUT2D eigenvalue weighted by molar-refractivity contribution is -0.150. The van der Waals surface area contributed by atoms with Crippen molar-refractivity contribution in [3.05, 3.63) is 59.4 Å². The summed E-state index contributed by atoms with van der Waals surface area (Å²) < 4.78 is 19.8. The maximum absolute atomic E-state index is 13.0. The van der Waals surface area contributed by atoms with E-state index >= 15 is 0 Å². The van der Waals surface area contributed by atoms with Gasteiger partial charge in [-0.1, -0.05) is 15.9 Å². The number of aromatic nitrogens is 2. The molecule has 1 aromatic heterocycles. The van der Waals surface area contributed by atoms with E-state index in [9.17, 15) is 9.59 Å². The number of aryl methyl sites for hydroxylation is 1. The zero-order valence-electron chi connectivity index (χ0n) is 18.9. The third-order valence-corrected chi connectivity index (χ3v) is 7.29. The monoisotopic (exact) mass is 657 g/mol. The van der Waals surface area contributed by atoms with Crippen molar-refractivity contribution < 1.29 is 19.0 Å². The summed E-state index contributed by atoms with van der Waals surface area (Å²) in [6, 6.07) is 7.03. The van der Waals surface area contributed by atoms with Gasteiger partial charge in [-0.2, -0.15) is 9.78 Å². The average Bonchev–Trinajstić information content (AvgIpc) is 2.80. The van der Waals surface area contributed by atoms with E-state index in [2.05, 4.69) is 57.9 Å². The number of carbonyl (C=O) groups is 1. The summed E-state index contributed by atoms with van der Waals surface area (Å²) in [5, 5.41) is 4.83. The van der Waals surface area contributed by atoms with Crippen LogP contribution in [0, 0.1) is 6.92 Å². The molecule has 0 unspecified atom stereocenters. The predicted molar refractivity (Wildman–Crippen MR) is 141 cm³/mol. The molecule has 0 aliphatic rings. The molecule has 0 bridgehead atoms. The lowest BCUT2D eigenvalue weighted by atomic mass is 10.2. The van der Waals surface area contributed by atoms with Crippen LogP contribution < -0.4 is 15.0 Å². The van der Waals surface area contributed by atoms with Crippen LogP contribution in [0.3, 0.4) is 0 Å². The molecule has 0 saturated heterocycles. The number of fused-ring (bicyclic) bond motifs is 1. The van der Waals surface area contributed by atoms with Crippen LogP contribution >= 0.6 is 47.8 Å². The summed E-state index contributed by atoms with van der Waals surface area (Å²) in [5.74, 6) is 0.709. The first-order valence-electron chi connectivity index (χ1n) is 10.4. The summed E-state index contributed by atoms with van der Waals surface area (Å²) in [4.78, 5) is 29.5. The minimum atomic E-state index is -0.842. The van der Waals surface area contributed by atoms with Gasteiger partial charge in [0, 0.05) is 14.5 Å². The molecule has 0 saturated carbocycles. The van der Waals surface area contributed by atoms with Crippen molar-refractivity contribution in [1.82, 2.24) is 9.66 Å².